The van der Waals surface area contributed by atoms with Gasteiger partial charge in [-0.05, 0) is 35.9 Å². The third-order valence-corrected chi connectivity index (χ3v) is 4.21. The third kappa shape index (κ3) is 3.54. The largest absolute Gasteiger partial charge is 0.497 e. The fourth-order valence-corrected chi connectivity index (χ4v) is 2.91. The van der Waals surface area contributed by atoms with Crippen LogP contribution in [-0.4, -0.2) is 29.9 Å². The Labute approximate surface area is 150 Å². The molecule has 0 radical (unpaired) electrons. The first-order valence-electron chi connectivity index (χ1n) is 8.06. The molecular formula is C20H19NO5. The molecule has 0 aliphatic heterocycles. The van der Waals surface area contributed by atoms with E-state index in [9.17, 15) is 9.59 Å². The molecule has 0 atom stereocenters. The summed E-state index contributed by atoms with van der Waals surface area (Å²) < 4.78 is 12.3. The number of methoxy groups -OCH3 is 2. The highest BCUT2D eigenvalue weighted by atomic mass is 16.5. The molecule has 0 bridgehead atoms. The van der Waals surface area contributed by atoms with E-state index in [0.717, 1.165) is 16.8 Å². The molecule has 26 heavy (non-hydrogen) atoms. The van der Waals surface area contributed by atoms with Crippen LogP contribution in [0.5, 0.6) is 11.5 Å². The standard InChI is InChI=1S/C20H19NO5/c1-25-15-5-3-13(4-6-15)11-21-12-14(9-19(22)23)20(24)17-10-16(26-2)7-8-18(17)21/h3-8,10,12H,9,11H2,1-2H3,(H,22,23). The zero-order chi connectivity index (χ0) is 18.7. The first kappa shape index (κ1) is 17.5. The Kier molecular flexibility index (Phi) is 4.93. The summed E-state index contributed by atoms with van der Waals surface area (Å²) in [6, 6.07) is 12.8. The molecule has 0 saturated carbocycles. The van der Waals surface area contributed by atoms with Crippen LogP contribution in [0.15, 0.2) is 53.5 Å². The van der Waals surface area contributed by atoms with Crippen molar-refractivity contribution in [3.63, 3.8) is 0 Å². The van der Waals surface area contributed by atoms with E-state index < -0.39 is 5.97 Å². The second-order valence-electron chi connectivity index (χ2n) is 5.91. The molecule has 134 valence electrons. The smallest absolute Gasteiger partial charge is 0.308 e. The Morgan fingerprint density at radius 1 is 1.04 bits per heavy atom. The van der Waals surface area contributed by atoms with Crippen molar-refractivity contribution in [1.82, 2.24) is 4.57 Å². The average molecular weight is 353 g/mol. The first-order chi connectivity index (χ1) is 12.5. The molecule has 0 amide bonds. The van der Waals surface area contributed by atoms with E-state index in [4.69, 9.17) is 14.6 Å². The summed E-state index contributed by atoms with van der Waals surface area (Å²) >= 11 is 0. The lowest BCUT2D eigenvalue weighted by Crippen LogP contribution is -2.18. The fraction of sp³-hybridized carbons (Fsp3) is 0.200. The van der Waals surface area contributed by atoms with Crippen LogP contribution in [0.1, 0.15) is 11.1 Å². The van der Waals surface area contributed by atoms with Gasteiger partial charge in [0.2, 0.25) is 0 Å². The number of carboxylic acid groups (broad SMARTS) is 1. The molecule has 6 nitrogen and oxygen atoms in total. The van der Waals surface area contributed by atoms with Crippen LogP contribution in [0.3, 0.4) is 0 Å². The van der Waals surface area contributed by atoms with Crippen molar-refractivity contribution in [3.05, 3.63) is 70.0 Å². The predicted octanol–water partition coefficient (Wildman–Crippen LogP) is 2.69. The molecular weight excluding hydrogens is 334 g/mol. The van der Waals surface area contributed by atoms with Crippen LogP contribution in [0, 0.1) is 0 Å². The minimum atomic E-state index is -1.04. The predicted molar refractivity (Wildman–Crippen MR) is 98.2 cm³/mol. The van der Waals surface area contributed by atoms with Gasteiger partial charge in [-0.15, -0.1) is 0 Å². The zero-order valence-corrected chi connectivity index (χ0v) is 14.6. The number of rotatable bonds is 6. The summed E-state index contributed by atoms with van der Waals surface area (Å²) in [6.45, 7) is 0.500. The number of ether oxygens (including phenoxy) is 2. The summed E-state index contributed by atoms with van der Waals surface area (Å²) in [5.41, 5.74) is 1.69. The molecule has 0 saturated heterocycles. The van der Waals surface area contributed by atoms with Crippen LogP contribution in [0.4, 0.5) is 0 Å². The van der Waals surface area contributed by atoms with Gasteiger partial charge in [-0.25, -0.2) is 0 Å². The zero-order valence-electron chi connectivity index (χ0n) is 14.6. The number of hydrogen-bond acceptors (Lipinski definition) is 4. The van der Waals surface area contributed by atoms with E-state index in [1.807, 2.05) is 34.9 Å². The normalized spacial score (nSPS) is 10.7. The highest BCUT2D eigenvalue weighted by molar-refractivity contribution is 5.82. The molecule has 0 aliphatic rings. The average Bonchev–Trinajstić information content (AvgIpc) is 2.65. The molecule has 1 N–H and O–H groups in total. The van der Waals surface area contributed by atoms with Crippen LogP contribution in [-0.2, 0) is 17.8 Å². The van der Waals surface area contributed by atoms with Gasteiger partial charge in [0.1, 0.15) is 11.5 Å². The number of fused-ring (bicyclic) bond motifs is 1. The number of aromatic nitrogens is 1. The summed E-state index contributed by atoms with van der Waals surface area (Å²) in [4.78, 5) is 23.8. The second kappa shape index (κ2) is 7.31. The quantitative estimate of drug-likeness (QED) is 0.737. The minimum Gasteiger partial charge on any atom is -0.497 e. The van der Waals surface area contributed by atoms with Crippen molar-refractivity contribution in [2.24, 2.45) is 0 Å². The van der Waals surface area contributed by atoms with Crippen molar-refractivity contribution in [3.8, 4) is 11.5 Å². The highest BCUT2D eigenvalue weighted by Crippen LogP contribution is 2.21. The Morgan fingerprint density at radius 3 is 2.31 bits per heavy atom. The summed E-state index contributed by atoms with van der Waals surface area (Å²) in [5.74, 6) is 0.272. The maximum absolute atomic E-state index is 12.7. The van der Waals surface area contributed by atoms with E-state index in [0.29, 0.717) is 17.7 Å². The SMILES string of the molecule is COc1ccc(Cn2cc(CC(=O)O)c(=O)c3cc(OC)ccc32)cc1. The topological polar surface area (TPSA) is 77.8 Å². The number of pyridine rings is 1. The van der Waals surface area contributed by atoms with Crippen LogP contribution in [0.2, 0.25) is 0 Å². The number of carbonyl (C=O) groups is 1. The van der Waals surface area contributed by atoms with Gasteiger partial charge in [-0.3, -0.25) is 9.59 Å². The van der Waals surface area contributed by atoms with Gasteiger partial charge in [-0.1, -0.05) is 12.1 Å². The lowest BCUT2D eigenvalue weighted by molar-refractivity contribution is -0.136. The van der Waals surface area contributed by atoms with E-state index in [1.165, 1.54) is 7.11 Å². The van der Waals surface area contributed by atoms with Crippen molar-refractivity contribution in [2.75, 3.05) is 14.2 Å². The Balaban J connectivity index is 2.13. The Hall–Kier alpha value is -3.28. The van der Waals surface area contributed by atoms with Gasteiger partial charge in [0, 0.05) is 23.7 Å². The van der Waals surface area contributed by atoms with E-state index >= 15 is 0 Å². The highest BCUT2D eigenvalue weighted by Gasteiger charge is 2.13. The van der Waals surface area contributed by atoms with E-state index in [1.54, 1.807) is 25.4 Å². The molecule has 1 heterocycles. The molecule has 0 aliphatic carbocycles. The first-order valence-corrected chi connectivity index (χ1v) is 8.06. The fourth-order valence-electron chi connectivity index (χ4n) is 2.91. The van der Waals surface area contributed by atoms with E-state index in [2.05, 4.69) is 0 Å². The lowest BCUT2D eigenvalue weighted by Gasteiger charge is -2.14. The van der Waals surface area contributed by atoms with Gasteiger partial charge < -0.3 is 19.1 Å². The second-order valence-corrected chi connectivity index (χ2v) is 5.91. The van der Waals surface area contributed by atoms with Gasteiger partial charge in [0.05, 0.1) is 26.2 Å². The van der Waals surface area contributed by atoms with Gasteiger partial charge in [0.25, 0.3) is 0 Å². The molecule has 0 unspecified atom stereocenters. The molecule has 3 rings (SSSR count). The van der Waals surface area contributed by atoms with Crippen molar-refractivity contribution >= 4 is 16.9 Å². The summed E-state index contributed by atoms with van der Waals surface area (Å²) in [5, 5.41) is 9.56. The monoisotopic (exact) mass is 353 g/mol. The summed E-state index contributed by atoms with van der Waals surface area (Å²) in [6.07, 6.45) is 1.30. The van der Waals surface area contributed by atoms with Crippen molar-refractivity contribution in [2.45, 2.75) is 13.0 Å². The lowest BCUT2D eigenvalue weighted by atomic mass is 10.1. The Bertz CT molecular complexity index is 1010. The number of hydrogen-bond donors (Lipinski definition) is 1. The molecule has 3 aromatic rings. The van der Waals surface area contributed by atoms with Crippen molar-refractivity contribution < 1.29 is 19.4 Å². The molecule has 2 aromatic carbocycles. The number of nitrogens with zero attached hydrogens (tertiary/aromatic N) is 1. The number of benzene rings is 2. The third-order valence-electron chi connectivity index (χ3n) is 4.21. The van der Waals surface area contributed by atoms with Crippen LogP contribution >= 0.6 is 0 Å². The molecule has 0 spiro atoms. The molecule has 1 aromatic heterocycles. The van der Waals surface area contributed by atoms with Crippen LogP contribution < -0.4 is 14.9 Å². The number of aliphatic carboxylic acids is 1. The molecule has 6 heteroatoms. The molecule has 0 fully saturated rings. The maximum Gasteiger partial charge on any atom is 0.308 e. The summed E-state index contributed by atoms with van der Waals surface area (Å²) in [7, 11) is 3.13. The minimum absolute atomic E-state index is 0.242. The van der Waals surface area contributed by atoms with Gasteiger partial charge in [0.15, 0.2) is 5.43 Å². The van der Waals surface area contributed by atoms with Crippen LogP contribution in [0.25, 0.3) is 10.9 Å². The van der Waals surface area contributed by atoms with Crippen molar-refractivity contribution in [1.29, 1.82) is 0 Å². The van der Waals surface area contributed by atoms with E-state index in [-0.39, 0.29) is 17.4 Å². The maximum atomic E-state index is 12.7. The number of carboxylic acids is 1. The van der Waals surface area contributed by atoms with Gasteiger partial charge >= 0.3 is 5.97 Å². The van der Waals surface area contributed by atoms with Gasteiger partial charge in [-0.2, -0.15) is 0 Å². The Morgan fingerprint density at radius 2 is 1.69 bits per heavy atom.